The van der Waals surface area contributed by atoms with Gasteiger partial charge in [-0.3, -0.25) is 9.79 Å². The van der Waals surface area contributed by atoms with E-state index in [0.717, 1.165) is 42.4 Å². The molecule has 0 aliphatic carbocycles. The molecule has 6 heteroatoms. The molecule has 130 valence electrons. The molecule has 1 aromatic carbocycles. The zero-order chi connectivity index (χ0) is 17.4. The van der Waals surface area contributed by atoms with Crippen LogP contribution in [0.1, 0.15) is 22.8 Å². The summed E-state index contributed by atoms with van der Waals surface area (Å²) >= 11 is 0. The molecule has 0 radical (unpaired) electrons. The third kappa shape index (κ3) is 2.92. The van der Waals surface area contributed by atoms with E-state index in [2.05, 4.69) is 32.8 Å². The van der Waals surface area contributed by atoms with Gasteiger partial charge in [-0.2, -0.15) is 0 Å². The minimum absolute atomic E-state index is 0.124. The molecule has 3 aliphatic heterocycles. The summed E-state index contributed by atoms with van der Waals surface area (Å²) in [7, 11) is 0. The SMILES string of the molecule is Cc1ccccc1C(=O)N1CCN(C2=CC3=NCC(C)N3C=N2)CC1. The van der Waals surface area contributed by atoms with E-state index in [1.54, 1.807) is 0 Å². The van der Waals surface area contributed by atoms with Crippen LogP contribution < -0.4 is 0 Å². The van der Waals surface area contributed by atoms with Gasteiger partial charge in [0.25, 0.3) is 5.91 Å². The quantitative estimate of drug-likeness (QED) is 0.826. The topological polar surface area (TPSA) is 51.5 Å². The van der Waals surface area contributed by atoms with E-state index in [-0.39, 0.29) is 5.91 Å². The van der Waals surface area contributed by atoms with Gasteiger partial charge in [0.1, 0.15) is 11.7 Å². The molecule has 1 unspecified atom stereocenters. The molecule has 0 N–H and O–H groups in total. The average Bonchev–Trinajstić information content (AvgIpc) is 3.02. The molecule has 6 nitrogen and oxygen atoms in total. The molecule has 3 aliphatic rings. The van der Waals surface area contributed by atoms with Crippen molar-refractivity contribution in [1.29, 1.82) is 0 Å². The Bertz CT molecular complexity index is 774. The number of amides is 1. The summed E-state index contributed by atoms with van der Waals surface area (Å²) in [6, 6.07) is 8.17. The molecule has 0 aromatic heterocycles. The highest BCUT2D eigenvalue weighted by molar-refractivity contribution is 6.03. The predicted octanol–water partition coefficient (Wildman–Crippen LogP) is 1.74. The summed E-state index contributed by atoms with van der Waals surface area (Å²) in [6.07, 6.45) is 3.94. The highest BCUT2D eigenvalue weighted by Crippen LogP contribution is 2.20. The molecule has 4 rings (SSSR count). The van der Waals surface area contributed by atoms with Crippen LogP contribution in [0, 0.1) is 6.92 Å². The van der Waals surface area contributed by atoms with Crippen molar-refractivity contribution in [2.45, 2.75) is 19.9 Å². The second kappa shape index (κ2) is 6.35. The Morgan fingerprint density at radius 2 is 1.92 bits per heavy atom. The fraction of sp³-hybridized carbons (Fsp3) is 0.421. The summed E-state index contributed by atoms with van der Waals surface area (Å²) in [5.74, 6) is 2.07. The number of amidine groups is 1. The number of hydrogen-bond donors (Lipinski definition) is 0. The van der Waals surface area contributed by atoms with Gasteiger partial charge in [0.05, 0.1) is 18.9 Å². The lowest BCUT2D eigenvalue weighted by molar-refractivity contribution is 0.0667. The number of piperazine rings is 1. The fourth-order valence-electron chi connectivity index (χ4n) is 3.48. The number of nitrogens with zero attached hydrogens (tertiary/aromatic N) is 5. The minimum atomic E-state index is 0.124. The van der Waals surface area contributed by atoms with Gasteiger partial charge < -0.3 is 14.7 Å². The maximum absolute atomic E-state index is 12.7. The van der Waals surface area contributed by atoms with Crippen LogP contribution in [-0.4, -0.2) is 71.5 Å². The van der Waals surface area contributed by atoms with Gasteiger partial charge in [0, 0.05) is 37.8 Å². The van der Waals surface area contributed by atoms with Gasteiger partial charge >= 0.3 is 0 Å². The Morgan fingerprint density at radius 1 is 1.16 bits per heavy atom. The summed E-state index contributed by atoms with van der Waals surface area (Å²) in [5.41, 5.74) is 1.83. The van der Waals surface area contributed by atoms with E-state index < -0.39 is 0 Å². The van der Waals surface area contributed by atoms with Crippen LogP contribution in [0.5, 0.6) is 0 Å². The van der Waals surface area contributed by atoms with E-state index in [1.165, 1.54) is 0 Å². The van der Waals surface area contributed by atoms with Crippen LogP contribution in [0.2, 0.25) is 0 Å². The van der Waals surface area contributed by atoms with Crippen LogP contribution in [0.3, 0.4) is 0 Å². The standard InChI is InChI=1S/C19H23N5O/c1-14-5-3-4-6-16(14)19(25)23-9-7-22(8-10-23)17-11-18-20-12-15(2)24(18)13-21-17/h3-6,11,13,15H,7-10,12H2,1-2H3. The van der Waals surface area contributed by atoms with Crippen molar-refractivity contribution in [3.63, 3.8) is 0 Å². The van der Waals surface area contributed by atoms with Crippen LogP contribution >= 0.6 is 0 Å². The number of carbonyl (C=O) groups excluding carboxylic acids is 1. The summed E-state index contributed by atoms with van der Waals surface area (Å²) < 4.78 is 0. The van der Waals surface area contributed by atoms with Crippen molar-refractivity contribution < 1.29 is 4.79 Å². The van der Waals surface area contributed by atoms with Crippen molar-refractivity contribution in [3.05, 3.63) is 47.3 Å². The second-order valence-electron chi connectivity index (χ2n) is 6.80. The smallest absolute Gasteiger partial charge is 0.254 e. The number of aryl methyl sites for hydroxylation is 1. The lowest BCUT2D eigenvalue weighted by atomic mass is 10.1. The Morgan fingerprint density at radius 3 is 2.68 bits per heavy atom. The number of aliphatic imine (C=N–C) groups is 2. The maximum Gasteiger partial charge on any atom is 0.254 e. The van der Waals surface area contributed by atoms with E-state index in [0.29, 0.717) is 19.1 Å². The first-order valence-corrected chi connectivity index (χ1v) is 8.82. The van der Waals surface area contributed by atoms with Crippen molar-refractivity contribution >= 4 is 18.1 Å². The molecule has 3 heterocycles. The van der Waals surface area contributed by atoms with Gasteiger partial charge in [0.15, 0.2) is 0 Å². The predicted molar refractivity (Wildman–Crippen MR) is 98.8 cm³/mol. The number of hydrogen-bond acceptors (Lipinski definition) is 5. The Balaban J connectivity index is 1.41. The van der Waals surface area contributed by atoms with Gasteiger partial charge in [-0.15, -0.1) is 0 Å². The molecular weight excluding hydrogens is 314 g/mol. The van der Waals surface area contributed by atoms with Gasteiger partial charge in [-0.05, 0) is 25.5 Å². The van der Waals surface area contributed by atoms with Crippen molar-refractivity contribution in [2.75, 3.05) is 32.7 Å². The third-order valence-corrected chi connectivity index (χ3v) is 5.10. The fourth-order valence-corrected chi connectivity index (χ4v) is 3.48. The summed E-state index contributed by atoms with van der Waals surface area (Å²) in [4.78, 5) is 28.2. The second-order valence-corrected chi connectivity index (χ2v) is 6.80. The Kier molecular flexibility index (Phi) is 4.03. The molecule has 0 spiro atoms. The molecule has 1 atom stereocenters. The zero-order valence-corrected chi connectivity index (χ0v) is 14.7. The Labute approximate surface area is 148 Å². The first kappa shape index (κ1) is 15.9. The average molecular weight is 337 g/mol. The molecule has 1 fully saturated rings. The van der Waals surface area contributed by atoms with E-state index in [9.17, 15) is 4.79 Å². The molecular formula is C19H23N5O. The van der Waals surface area contributed by atoms with Crippen molar-refractivity contribution in [2.24, 2.45) is 9.98 Å². The molecule has 1 aromatic rings. The molecule has 0 bridgehead atoms. The molecule has 0 saturated carbocycles. The van der Waals surface area contributed by atoms with Crippen LogP contribution in [0.15, 0.2) is 46.1 Å². The number of fused-ring (bicyclic) bond motifs is 1. The van der Waals surface area contributed by atoms with Gasteiger partial charge in [-0.1, -0.05) is 18.2 Å². The van der Waals surface area contributed by atoms with Crippen molar-refractivity contribution in [1.82, 2.24) is 14.7 Å². The first-order valence-electron chi connectivity index (χ1n) is 8.82. The molecule has 25 heavy (non-hydrogen) atoms. The van der Waals surface area contributed by atoms with E-state index in [4.69, 9.17) is 0 Å². The maximum atomic E-state index is 12.7. The Hall–Kier alpha value is -2.63. The van der Waals surface area contributed by atoms with Crippen LogP contribution in [0.4, 0.5) is 0 Å². The largest absolute Gasteiger partial charge is 0.353 e. The van der Waals surface area contributed by atoms with Crippen LogP contribution in [0.25, 0.3) is 0 Å². The monoisotopic (exact) mass is 337 g/mol. The third-order valence-electron chi connectivity index (χ3n) is 5.10. The summed E-state index contributed by atoms with van der Waals surface area (Å²) in [5, 5.41) is 0. The highest BCUT2D eigenvalue weighted by atomic mass is 16.2. The number of carbonyl (C=O) groups is 1. The molecule has 1 amide bonds. The van der Waals surface area contributed by atoms with E-state index >= 15 is 0 Å². The summed E-state index contributed by atoms with van der Waals surface area (Å²) in [6.45, 7) is 7.98. The van der Waals surface area contributed by atoms with Gasteiger partial charge in [-0.25, -0.2) is 4.99 Å². The van der Waals surface area contributed by atoms with Crippen molar-refractivity contribution in [3.8, 4) is 0 Å². The normalized spacial score (nSPS) is 22.6. The molecule has 1 saturated heterocycles. The first-order chi connectivity index (χ1) is 12.1. The lowest BCUT2D eigenvalue weighted by Gasteiger charge is -2.37. The van der Waals surface area contributed by atoms with Crippen LogP contribution in [-0.2, 0) is 0 Å². The zero-order valence-electron chi connectivity index (χ0n) is 14.7. The number of benzene rings is 1. The minimum Gasteiger partial charge on any atom is -0.353 e. The lowest BCUT2D eigenvalue weighted by Crippen LogP contribution is -2.49. The van der Waals surface area contributed by atoms with Gasteiger partial charge in [0.2, 0.25) is 0 Å². The highest BCUT2D eigenvalue weighted by Gasteiger charge is 2.28. The number of rotatable bonds is 2. The van der Waals surface area contributed by atoms with E-state index in [1.807, 2.05) is 42.4 Å².